The fourth-order valence-corrected chi connectivity index (χ4v) is 2.60. The Morgan fingerprint density at radius 2 is 1.88 bits per heavy atom. The fraction of sp³-hybridized carbons (Fsp3) is 0.300. The van der Waals surface area contributed by atoms with Gasteiger partial charge in [-0.2, -0.15) is 0 Å². The number of hydrogen-bond donors (Lipinski definition) is 1. The molecular weight excluding hydrogens is 318 g/mol. The van der Waals surface area contributed by atoms with Gasteiger partial charge >= 0.3 is 5.97 Å². The molecule has 0 fully saturated rings. The molecule has 0 radical (unpaired) electrons. The van der Waals surface area contributed by atoms with Crippen LogP contribution in [0.1, 0.15) is 37.3 Å². The van der Waals surface area contributed by atoms with E-state index in [1.807, 2.05) is 36.4 Å². The van der Waals surface area contributed by atoms with Crippen LogP contribution in [0.4, 0.5) is 5.69 Å². The number of carbonyl (C=O) groups excluding carboxylic acids is 2. The number of anilines is 1. The number of ether oxygens (including phenoxy) is 2. The first-order valence-electron chi connectivity index (χ1n) is 8.34. The van der Waals surface area contributed by atoms with Crippen molar-refractivity contribution in [1.82, 2.24) is 0 Å². The average molecular weight is 339 g/mol. The number of carbonyl (C=O) groups is 2. The van der Waals surface area contributed by atoms with Gasteiger partial charge in [-0.05, 0) is 29.2 Å². The lowest BCUT2D eigenvalue weighted by molar-refractivity contribution is -0.149. The third-order valence-corrected chi connectivity index (χ3v) is 4.10. The normalized spacial score (nSPS) is 16.0. The summed E-state index contributed by atoms with van der Waals surface area (Å²) >= 11 is 0. The van der Waals surface area contributed by atoms with E-state index in [0.29, 0.717) is 17.4 Å². The summed E-state index contributed by atoms with van der Waals surface area (Å²) in [6, 6.07) is 15.1. The van der Waals surface area contributed by atoms with E-state index in [-0.39, 0.29) is 18.9 Å². The van der Waals surface area contributed by atoms with E-state index in [0.717, 1.165) is 5.56 Å². The van der Waals surface area contributed by atoms with E-state index in [1.54, 1.807) is 12.1 Å². The fourth-order valence-electron chi connectivity index (χ4n) is 2.60. The summed E-state index contributed by atoms with van der Waals surface area (Å²) < 4.78 is 10.9. The topological polar surface area (TPSA) is 64.6 Å². The van der Waals surface area contributed by atoms with Crippen LogP contribution in [-0.2, 0) is 20.9 Å². The van der Waals surface area contributed by atoms with Crippen molar-refractivity contribution >= 4 is 17.6 Å². The Morgan fingerprint density at radius 1 is 1.16 bits per heavy atom. The number of para-hydroxylation sites is 2. The summed E-state index contributed by atoms with van der Waals surface area (Å²) in [4.78, 5) is 24.1. The number of amides is 1. The number of nitrogens with one attached hydrogen (secondary N) is 1. The Hall–Kier alpha value is -2.82. The second kappa shape index (κ2) is 7.38. The quantitative estimate of drug-likeness (QED) is 0.845. The molecule has 3 rings (SSSR count). The molecule has 0 unspecified atom stereocenters. The minimum absolute atomic E-state index is 0.121. The Bertz CT molecular complexity index is 768. The standard InChI is InChI=1S/C20H21NO4/c1-13(2)15-9-7-14(8-10-15)12-24-19(22)11-18-20(23)21-16-5-3-4-6-17(16)25-18/h3-10,13,18H,11-12H2,1-2H3,(H,21,23)/t18-/m0/s1. The summed E-state index contributed by atoms with van der Waals surface area (Å²) in [7, 11) is 0. The van der Waals surface area contributed by atoms with E-state index in [1.165, 1.54) is 5.56 Å². The zero-order valence-corrected chi connectivity index (χ0v) is 14.3. The van der Waals surface area contributed by atoms with Crippen LogP contribution in [0.3, 0.4) is 0 Å². The van der Waals surface area contributed by atoms with E-state index in [4.69, 9.17) is 9.47 Å². The third kappa shape index (κ3) is 4.18. The van der Waals surface area contributed by atoms with Crippen LogP contribution in [0.25, 0.3) is 0 Å². The number of esters is 1. The summed E-state index contributed by atoms with van der Waals surface area (Å²) in [5.74, 6) is 0.218. The second-order valence-corrected chi connectivity index (χ2v) is 6.35. The molecule has 1 N–H and O–H groups in total. The smallest absolute Gasteiger partial charge is 0.310 e. The van der Waals surface area contributed by atoms with Crippen molar-refractivity contribution in [2.45, 2.75) is 38.9 Å². The van der Waals surface area contributed by atoms with Gasteiger partial charge in [0.1, 0.15) is 12.4 Å². The van der Waals surface area contributed by atoms with E-state index < -0.39 is 12.1 Å². The maximum Gasteiger partial charge on any atom is 0.310 e. The molecule has 25 heavy (non-hydrogen) atoms. The molecule has 1 aliphatic heterocycles. The van der Waals surface area contributed by atoms with Gasteiger partial charge in [-0.15, -0.1) is 0 Å². The summed E-state index contributed by atoms with van der Waals surface area (Å²) in [6.07, 6.45) is -0.990. The minimum atomic E-state index is -0.870. The lowest BCUT2D eigenvalue weighted by atomic mass is 10.0. The number of hydrogen-bond acceptors (Lipinski definition) is 4. The highest BCUT2D eigenvalue weighted by Crippen LogP contribution is 2.29. The van der Waals surface area contributed by atoms with Gasteiger partial charge in [0.2, 0.25) is 0 Å². The van der Waals surface area contributed by atoms with Crippen molar-refractivity contribution in [1.29, 1.82) is 0 Å². The van der Waals surface area contributed by atoms with Gasteiger partial charge in [0.15, 0.2) is 6.10 Å². The van der Waals surface area contributed by atoms with Crippen LogP contribution in [0, 0.1) is 0 Å². The molecular formula is C20H21NO4. The lowest BCUT2D eigenvalue weighted by Gasteiger charge is -2.25. The number of rotatable bonds is 5. The van der Waals surface area contributed by atoms with Crippen LogP contribution in [0.2, 0.25) is 0 Å². The number of benzene rings is 2. The molecule has 1 aliphatic rings. The second-order valence-electron chi connectivity index (χ2n) is 6.35. The monoisotopic (exact) mass is 339 g/mol. The van der Waals surface area contributed by atoms with Crippen LogP contribution in [-0.4, -0.2) is 18.0 Å². The van der Waals surface area contributed by atoms with E-state index >= 15 is 0 Å². The van der Waals surface area contributed by atoms with E-state index in [9.17, 15) is 9.59 Å². The molecule has 0 saturated carbocycles. The molecule has 1 atom stereocenters. The van der Waals surface area contributed by atoms with Crippen LogP contribution < -0.4 is 10.1 Å². The first-order chi connectivity index (χ1) is 12.0. The maximum atomic E-state index is 12.0. The van der Waals surface area contributed by atoms with Gasteiger partial charge in [0.25, 0.3) is 5.91 Å². The molecule has 0 bridgehead atoms. The minimum Gasteiger partial charge on any atom is -0.478 e. The predicted molar refractivity (Wildman–Crippen MR) is 94.4 cm³/mol. The van der Waals surface area contributed by atoms with Crippen LogP contribution in [0.5, 0.6) is 5.75 Å². The van der Waals surface area contributed by atoms with Gasteiger partial charge < -0.3 is 14.8 Å². The molecule has 2 aromatic rings. The molecule has 1 heterocycles. The first-order valence-corrected chi connectivity index (χ1v) is 8.34. The molecule has 0 aliphatic carbocycles. The first kappa shape index (κ1) is 17.0. The lowest BCUT2D eigenvalue weighted by Crippen LogP contribution is -2.38. The number of fused-ring (bicyclic) bond motifs is 1. The highest BCUT2D eigenvalue weighted by atomic mass is 16.5. The SMILES string of the molecule is CC(C)c1ccc(COC(=O)C[C@@H]2Oc3ccccc3NC2=O)cc1. The summed E-state index contributed by atoms with van der Waals surface area (Å²) in [5, 5.41) is 2.73. The summed E-state index contributed by atoms with van der Waals surface area (Å²) in [6.45, 7) is 4.44. The Kier molecular flexibility index (Phi) is 5.03. The molecule has 5 nitrogen and oxygen atoms in total. The van der Waals surface area contributed by atoms with Crippen molar-refractivity contribution in [3.8, 4) is 5.75 Å². The van der Waals surface area contributed by atoms with E-state index in [2.05, 4.69) is 19.2 Å². The third-order valence-electron chi connectivity index (χ3n) is 4.10. The highest BCUT2D eigenvalue weighted by Gasteiger charge is 2.30. The van der Waals surface area contributed by atoms with Crippen molar-refractivity contribution in [2.75, 3.05) is 5.32 Å². The summed E-state index contributed by atoms with van der Waals surface area (Å²) in [5.41, 5.74) is 2.76. The van der Waals surface area contributed by atoms with Crippen molar-refractivity contribution in [3.05, 3.63) is 59.7 Å². The molecule has 0 spiro atoms. The highest BCUT2D eigenvalue weighted by molar-refractivity contribution is 5.99. The van der Waals surface area contributed by atoms with Crippen molar-refractivity contribution in [3.63, 3.8) is 0 Å². The molecule has 0 saturated heterocycles. The zero-order chi connectivity index (χ0) is 17.8. The Balaban J connectivity index is 1.53. The maximum absolute atomic E-state index is 12.0. The van der Waals surface area contributed by atoms with Gasteiger partial charge in [-0.3, -0.25) is 9.59 Å². The molecule has 1 amide bonds. The van der Waals surface area contributed by atoms with Crippen molar-refractivity contribution < 1.29 is 19.1 Å². The van der Waals surface area contributed by atoms with Gasteiger partial charge in [0, 0.05) is 0 Å². The van der Waals surface area contributed by atoms with Gasteiger partial charge in [-0.25, -0.2) is 0 Å². The molecule has 5 heteroatoms. The molecule has 2 aromatic carbocycles. The average Bonchev–Trinajstić information content (AvgIpc) is 2.61. The zero-order valence-electron chi connectivity index (χ0n) is 14.3. The largest absolute Gasteiger partial charge is 0.478 e. The Morgan fingerprint density at radius 3 is 2.60 bits per heavy atom. The predicted octanol–water partition coefficient (Wildman–Crippen LogP) is 3.64. The van der Waals surface area contributed by atoms with Gasteiger partial charge in [0.05, 0.1) is 12.1 Å². The van der Waals surface area contributed by atoms with Gasteiger partial charge in [-0.1, -0.05) is 50.2 Å². The molecule has 130 valence electrons. The van der Waals surface area contributed by atoms with Crippen molar-refractivity contribution in [2.24, 2.45) is 0 Å². The van der Waals surface area contributed by atoms with Crippen LogP contribution >= 0.6 is 0 Å². The Labute approximate surface area is 147 Å². The molecule has 0 aromatic heterocycles. The van der Waals surface area contributed by atoms with Crippen LogP contribution in [0.15, 0.2) is 48.5 Å².